The van der Waals surface area contributed by atoms with E-state index >= 15 is 0 Å². The monoisotopic (exact) mass is 340 g/mol. The lowest BCUT2D eigenvalue weighted by Crippen LogP contribution is -2.33. The average Bonchev–Trinajstić information content (AvgIpc) is 3.00. The number of aryl methyl sites for hydroxylation is 2. The van der Waals surface area contributed by atoms with Crippen LogP contribution in [0.1, 0.15) is 24.5 Å². The average molecular weight is 340 g/mol. The van der Waals surface area contributed by atoms with Crippen molar-refractivity contribution in [2.75, 3.05) is 16.8 Å². The van der Waals surface area contributed by atoms with E-state index in [0.717, 1.165) is 12.1 Å². The fourth-order valence-corrected chi connectivity index (χ4v) is 2.99. The third-order valence-corrected chi connectivity index (χ3v) is 4.62. The summed E-state index contributed by atoms with van der Waals surface area (Å²) in [6.45, 7) is 4.23. The number of hydrogen-bond donors (Lipinski definition) is 1. The number of nitrogens with zero attached hydrogens (tertiary/aromatic N) is 1. The molecule has 130 valence electrons. The first-order chi connectivity index (χ1) is 12.0. The fraction of sp³-hybridized carbons (Fsp3) is 0.300. The summed E-state index contributed by atoms with van der Waals surface area (Å²) < 4.78 is 13.6. The molecule has 1 atom stereocenters. The van der Waals surface area contributed by atoms with Crippen molar-refractivity contribution in [1.82, 2.24) is 0 Å². The van der Waals surface area contributed by atoms with Gasteiger partial charge in [0.05, 0.1) is 0 Å². The zero-order valence-electron chi connectivity index (χ0n) is 14.4. The third kappa shape index (κ3) is 3.55. The number of hydrogen-bond acceptors (Lipinski definition) is 2. The smallest absolute Gasteiger partial charge is 0.239 e. The van der Waals surface area contributed by atoms with Gasteiger partial charge in [-0.3, -0.25) is 9.59 Å². The summed E-state index contributed by atoms with van der Waals surface area (Å²) in [7, 11) is 0. The molecule has 2 aromatic carbocycles. The van der Waals surface area contributed by atoms with Gasteiger partial charge >= 0.3 is 0 Å². The number of rotatable bonds is 4. The first-order valence-electron chi connectivity index (χ1n) is 8.47. The number of nitrogens with one attached hydrogen (secondary N) is 1. The number of carbonyl (C=O) groups excluding carboxylic acids is 2. The molecular weight excluding hydrogens is 319 g/mol. The molecule has 0 aromatic heterocycles. The van der Waals surface area contributed by atoms with Gasteiger partial charge in [0.15, 0.2) is 0 Å². The minimum absolute atomic E-state index is 0.214. The molecule has 4 nitrogen and oxygen atoms in total. The van der Waals surface area contributed by atoms with Crippen molar-refractivity contribution in [3.63, 3.8) is 0 Å². The van der Waals surface area contributed by atoms with E-state index in [-0.39, 0.29) is 17.6 Å². The third-order valence-electron chi connectivity index (χ3n) is 4.62. The molecule has 1 unspecified atom stereocenters. The highest BCUT2D eigenvalue weighted by Crippen LogP contribution is 2.27. The van der Waals surface area contributed by atoms with Crippen molar-refractivity contribution in [1.29, 1.82) is 0 Å². The number of anilines is 2. The standard InChI is InChI=1S/C20H21FN2O2/c1-3-14-5-8-16(9-6-14)23-11-10-17(20(23)25)19(24)22-15-7-4-13(2)18(21)12-15/h4-9,12,17H,3,10-11H2,1-2H3,(H,22,24). The first kappa shape index (κ1) is 17.1. The Kier molecular flexibility index (Phi) is 4.83. The van der Waals surface area contributed by atoms with Gasteiger partial charge in [-0.2, -0.15) is 0 Å². The van der Waals surface area contributed by atoms with Crippen LogP contribution in [0.4, 0.5) is 15.8 Å². The number of carbonyl (C=O) groups is 2. The molecule has 1 heterocycles. The second-order valence-electron chi connectivity index (χ2n) is 6.30. The predicted molar refractivity (Wildman–Crippen MR) is 96.0 cm³/mol. The van der Waals surface area contributed by atoms with Crippen LogP contribution in [-0.4, -0.2) is 18.4 Å². The molecule has 0 spiro atoms. The van der Waals surface area contributed by atoms with Crippen LogP contribution in [0.2, 0.25) is 0 Å². The summed E-state index contributed by atoms with van der Waals surface area (Å²) in [6, 6.07) is 12.3. The molecule has 2 aromatic rings. The van der Waals surface area contributed by atoms with E-state index in [2.05, 4.69) is 12.2 Å². The zero-order chi connectivity index (χ0) is 18.0. The van der Waals surface area contributed by atoms with Gasteiger partial charge in [0.2, 0.25) is 11.8 Å². The maximum atomic E-state index is 13.6. The molecule has 2 amide bonds. The van der Waals surface area contributed by atoms with E-state index in [0.29, 0.717) is 24.2 Å². The summed E-state index contributed by atoms with van der Waals surface area (Å²) in [4.78, 5) is 26.7. The highest BCUT2D eigenvalue weighted by Gasteiger charge is 2.37. The minimum Gasteiger partial charge on any atom is -0.325 e. The lowest BCUT2D eigenvalue weighted by atomic mass is 10.1. The van der Waals surface area contributed by atoms with Gasteiger partial charge in [-0.25, -0.2) is 4.39 Å². The summed E-state index contributed by atoms with van der Waals surface area (Å²) in [5.41, 5.74) is 2.88. The van der Waals surface area contributed by atoms with Gasteiger partial charge in [-0.1, -0.05) is 25.1 Å². The van der Waals surface area contributed by atoms with Gasteiger partial charge in [-0.15, -0.1) is 0 Å². The molecule has 0 aliphatic carbocycles. The summed E-state index contributed by atoms with van der Waals surface area (Å²) in [5.74, 6) is -1.72. The Hall–Kier alpha value is -2.69. The van der Waals surface area contributed by atoms with E-state index in [9.17, 15) is 14.0 Å². The largest absolute Gasteiger partial charge is 0.325 e. The van der Waals surface area contributed by atoms with Gasteiger partial charge < -0.3 is 10.2 Å². The van der Waals surface area contributed by atoms with E-state index in [4.69, 9.17) is 0 Å². The van der Waals surface area contributed by atoms with Crippen LogP contribution in [0.15, 0.2) is 42.5 Å². The predicted octanol–water partition coefficient (Wildman–Crippen LogP) is 3.69. The second kappa shape index (κ2) is 7.05. The highest BCUT2D eigenvalue weighted by atomic mass is 19.1. The maximum Gasteiger partial charge on any atom is 0.239 e. The second-order valence-corrected chi connectivity index (χ2v) is 6.30. The Labute approximate surface area is 146 Å². The van der Waals surface area contributed by atoms with Crippen molar-refractivity contribution in [3.05, 3.63) is 59.4 Å². The van der Waals surface area contributed by atoms with Crippen molar-refractivity contribution < 1.29 is 14.0 Å². The zero-order valence-corrected chi connectivity index (χ0v) is 14.4. The molecule has 1 aliphatic heterocycles. The van der Waals surface area contributed by atoms with Crippen LogP contribution in [0.5, 0.6) is 0 Å². The molecule has 0 radical (unpaired) electrons. The normalized spacial score (nSPS) is 17.0. The van der Waals surface area contributed by atoms with E-state index in [1.165, 1.54) is 11.6 Å². The van der Waals surface area contributed by atoms with Gasteiger partial charge in [0.25, 0.3) is 0 Å². The highest BCUT2D eigenvalue weighted by molar-refractivity contribution is 6.13. The van der Waals surface area contributed by atoms with Gasteiger partial charge in [0.1, 0.15) is 11.7 Å². The molecule has 1 N–H and O–H groups in total. The van der Waals surface area contributed by atoms with Crippen LogP contribution >= 0.6 is 0 Å². The van der Waals surface area contributed by atoms with Gasteiger partial charge in [-0.05, 0) is 55.2 Å². The molecule has 1 saturated heterocycles. The topological polar surface area (TPSA) is 49.4 Å². The van der Waals surface area contributed by atoms with Crippen molar-refractivity contribution >= 4 is 23.2 Å². The van der Waals surface area contributed by atoms with Crippen LogP contribution in [-0.2, 0) is 16.0 Å². The van der Waals surface area contributed by atoms with Crippen LogP contribution < -0.4 is 10.2 Å². The Morgan fingerprint density at radius 3 is 2.60 bits per heavy atom. The van der Waals surface area contributed by atoms with Crippen molar-refractivity contribution in [2.45, 2.75) is 26.7 Å². The molecule has 1 fully saturated rings. The SMILES string of the molecule is CCc1ccc(N2CCC(C(=O)Nc3ccc(C)c(F)c3)C2=O)cc1. The molecule has 1 aliphatic rings. The Balaban J connectivity index is 1.70. The lowest BCUT2D eigenvalue weighted by Gasteiger charge is -2.17. The number of amides is 2. The quantitative estimate of drug-likeness (QED) is 0.863. The maximum absolute atomic E-state index is 13.6. The molecule has 0 saturated carbocycles. The summed E-state index contributed by atoms with van der Waals surface area (Å²) in [6.07, 6.45) is 1.39. The molecule has 25 heavy (non-hydrogen) atoms. The molecular formula is C20H21FN2O2. The number of benzene rings is 2. The molecule has 5 heteroatoms. The van der Waals surface area contributed by atoms with E-state index in [1.54, 1.807) is 24.0 Å². The lowest BCUT2D eigenvalue weighted by molar-refractivity contribution is -0.129. The van der Waals surface area contributed by atoms with Crippen LogP contribution in [0.25, 0.3) is 0 Å². The van der Waals surface area contributed by atoms with E-state index in [1.807, 2.05) is 24.3 Å². The first-order valence-corrected chi connectivity index (χ1v) is 8.47. The minimum atomic E-state index is -0.741. The van der Waals surface area contributed by atoms with Crippen LogP contribution in [0.3, 0.4) is 0 Å². The van der Waals surface area contributed by atoms with Gasteiger partial charge in [0, 0.05) is 17.9 Å². The Morgan fingerprint density at radius 1 is 1.24 bits per heavy atom. The Bertz CT molecular complexity index is 802. The van der Waals surface area contributed by atoms with E-state index < -0.39 is 5.92 Å². The van der Waals surface area contributed by atoms with Crippen molar-refractivity contribution in [2.24, 2.45) is 5.92 Å². The fourth-order valence-electron chi connectivity index (χ4n) is 2.99. The summed E-state index contributed by atoms with van der Waals surface area (Å²) in [5, 5.41) is 2.65. The van der Waals surface area contributed by atoms with Crippen LogP contribution in [0, 0.1) is 18.7 Å². The molecule has 0 bridgehead atoms. The molecule has 3 rings (SSSR count). The number of halogens is 1. The Morgan fingerprint density at radius 2 is 1.96 bits per heavy atom. The van der Waals surface area contributed by atoms with Crippen molar-refractivity contribution in [3.8, 4) is 0 Å². The summed E-state index contributed by atoms with van der Waals surface area (Å²) >= 11 is 0.